The quantitative estimate of drug-likeness (QED) is 0.493. The summed E-state index contributed by atoms with van der Waals surface area (Å²) in [7, 11) is 0. The van der Waals surface area contributed by atoms with Gasteiger partial charge in [-0.3, -0.25) is 0 Å². The number of alkyl halides is 1. The van der Waals surface area contributed by atoms with Crippen LogP contribution < -0.4 is 0 Å². The first-order valence-electron chi connectivity index (χ1n) is 6.23. The highest BCUT2D eigenvalue weighted by atomic mass is 79.9. The molecule has 0 spiro atoms. The molecule has 3 aromatic carbocycles. The molecule has 0 aliphatic heterocycles. The fourth-order valence-corrected chi connectivity index (χ4v) is 3.17. The van der Waals surface area contributed by atoms with Crippen molar-refractivity contribution < 1.29 is 4.39 Å². The summed E-state index contributed by atoms with van der Waals surface area (Å²) in [5.41, 5.74) is 1.73. The van der Waals surface area contributed by atoms with Crippen LogP contribution in [0.3, 0.4) is 0 Å². The van der Waals surface area contributed by atoms with E-state index in [1.54, 1.807) is 0 Å². The maximum atomic E-state index is 13.5. The lowest BCUT2D eigenvalue weighted by atomic mass is 9.98. The summed E-state index contributed by atoms with van der Waals surface area (Å²) in [4.78, 5) is 0. The van der Waals surface area contributed by atoms with Crippen LogP contribution in [0.1, 0.15) is 16.5 Å². The third kappa shape index (κ3) is 2.58. The lowest BCUT2D eigenvalue weighted by molar-refractivity contribution is 0.625. The zero-order chi connectivity index (χ0) is 14.1. The number of rotatable bonds is 2. The molecule has 1 unspecified atom stereocenters. The lowest BCUT2D eigenvalue weighted by Gasteiger charge is -2.14. The van der Waals surface area contributed by atoms with Crippen molar-refractivity contribution in [1.29, 1.82) is 0 Å². The summed E-state index contributed by atoms with van der Waals surface area (Å²) in [6.07, 6.45) is 0. The van der Waals surface area contributed by atoms with Gasteiger partial charge in [0, 0.05) is 4.47 Å². The highest BCUT2D eigenvalue weighted by Crippen LogP contribution is 2.35. The molecule has 0 heterocycles. The first-order valence-corrected chi connectivity index (χ1v) is 7.46. The molecule has 3 heteroatoms. The molecule has 0 saturated carbocycles. The van der Waals surface area contributed by atoms with Crippen LogP contribution in [0.5, 0.6) is 0 Å². The van der Waals surface area contributed by atoms with Crippen molar-refractivity contribution in [3.63, 3.8) is 0 Å². The van der Waals surface area contributed by atoms with Gasteiger partial charge in [-0.25, -0.2) is 4.39 Å². The summed E-state index contributed by atoms with van der Waals surface area (Å²) < 4.78 is 14.2. The van der Waals surface area contributed by atoms with Gasteiger partial charge in [-0.05, 0) is 40.1 Å². The molecule has 3 aromatic rings. The van der Waals surface area contributed by atoms with Gasteiger partial charge in [-0.15, -0.1) is 11.6 Å². The molecule has 0 radical (unpaired) electrons. The average Bonchev–Trinajstić information content (AvgIpc) is 2.45. The van der Waals surface area contributed by atoms with Crippen LogP contribution in [0.2, 0.25) is 0 Å². The Bertz CT molecular complexity index is 744. The zero-order valence-corrected chi connectivity index (χ0v) is 12.8. The Labute approximate surface area is 130 Å². The van der Waals surface area contributed by atoms with E-state index in [4.69, 9.17) is 11.6 Å². The van der Waals surface area contributed by atoms with E-state index >= 15 is 0 Å². The fourth-order valence-electron chi connectivity index (χ4n) is 2.37. The Morgan fingerprint density at radius 3 is 2.50 bits per heavy atom. The van der Waals surface area contributed by atoms with Crippen LogP contribution in [-0.2, 0) is 0 Å². The minimum Gasteiger partial charge on any atom is -0.207 e. The van der Waals surface area contributed by atoms with Gasteiger partial charge >= 0.3 is 0 Å². The lowest BCUT2D eigenvalue weighted by Crippen LogP contribution is -1.95. The van der Waals surface area contributed by atoms with Gasteiger partial charge in [0.05, 0.1) is 5.38 Å². The second-order valence-corrected chi connectivity index (χ2v) is 5.99. The second kappa shape index (κ2) is 5.55. The monoisotopic (exact) mass is 348 g/mol. The maximum Gasteiger partial charge on any atom is 0.124 e. The number of halogens is 3. The normalized spacial score (nSPS) is 12.6. The van der Waals surface area contributed by atoms with Gasteiger partial charge < -0.3 is 0 Å². The van der Waals surface area contributed by atoms with Gasteiger partial charge in [0.25, 0.3) is 0 Å². The minimum absolute atomic E-state index is 0.291. The SMILES string of the molecule is Fc1cc(Br)cc(C(Cl)c2cccc3ccccc23)c1. The molecule has 0 aliphatic carbocycles. The summed E-state index contributed by atoms with van der Waals surface area (Å²) in [6, 6.07) is 18.8. The van der Waals surface area contributed by atoms with Crippen LogP contribution in [0.15, 0.2) is 65.1 Å². The summed E-state index contributed by atoms with van der Waals surface area (Å²) in [5, 5.41) is 1.84. The Kier molecular flexibility index (Phi) is 3.77. The van der Waals surface area contributed by atoms with E-state index < -0.39 is 0 Å². The van der Waals surface area contributed by atoms with Crippen LogP contribution in [0, 0.1) is 5.82 Å². The van der Waals surface area contributed by atoms with Crippen molar-refractivity contribution >= 4 is 38.3 Å². The molecule has 1 atom stereocenters. The van der Waals surface area contributed by atoms with Gasteiger partial charge in [0.1, 0.15) is 5.82 Å². The molecule has 0 amide bonds. The molecule has 0 saturated heterocycles. The topological polar surface area (TPSA) is 0 Å². The number of benzene rings is 3. The molecule has 0 fully saturated rings. The van der Waals surface area contributed by atoms with E-state index in [9.17, 15) is 4.39 Å². The van der Waals surface area contributed by atoms with Crippen molar-refractivity contribution in [2.75, 3.05) is 0 Å². The molecular weight excluding hydrogens is 339 g/mol. The highest BCUT2D eigenvalue weighted by Gasteiger charge is 2.15. The predicted octanol–water partition coefficient (Wildman–Crippen LogP) is 6.07. The first-order chi connectivity index (χ1) is 9.65. The Hall–Kier alpha value is -1.38. The molecule has 0 N–H and O–H groups in total. The first kappa shape index (κ1) is 13.6. The van der Waals surface area contributed by atoms with Crippen LogP contribution >= 0.6 is 27.5 Å². The van der Waals surface area contributed by atoms with Crippen LogP contribution in [0.25, 0.3) is 10.8 Å². The Balaban J connectivity index is 2.15. The Morgan fingerprint density at radius 1 is 0.950 bits per heavy atom. The number of hydrogen-bond donors (Lipinski definition) is 0. The largest absolute Gasteiger partial charge is 0.207 e. The minimum atomic E-state index is -0.381. The Morgan fingerprint density at radius 2 is 1.70 bits per heavy atom. The molecule has 0 bridgehead atoms. The van der Waals surface area contributed by atoms with E-state index in [-0.39, 0.29) is 11.2 Å². The van der Waals surface area contributed by atoms with Gasteiger partial charge in [-0.1, -0.05) is 58.4 Å². The second-order valence-electron chi connectivity index (χ2n) is 4.63. The average molecular weight is 350 g/mol. The van der Waals surface area contributed by atoms with Crippen molar-refractivity contribution in [2.45, 2.75) is 5.38 Å². The maximum absolute atomic E-state index is 13.5. The van der Waals surface area contributed by atoms with Crippen molar-refractivity contribution in [3.8, 4) is 0 Å². The van der Waals surface area contributed by atoms with E-state index in [0.717, 1.165) is 21.9 Å². The molecule has 0 aliphatic rings. The number of fused-ring (bicyclic) bond motifs is 1. The summed E-state index contributed by atoms with van der Waals surface area (Å²) >= 11 is 9.87. The molecule has 100 valence electrons. The van der Waals surface area contributed by atoms with E-state index in [0.29, 0.717) is 4.47 Å². The fraction of sp³-hybridized carbons (Fsp3) is 0.0588. The zero-order valence-electron chi connectivity index (χ0n) is 10.5. The van der Waals surface area contributed by atoms with E-state index in [1.165, 1.54) is 12.1 Å². The standard InChI is InChI=1S/C17H11BrClF/c18-13-8-12(9-14(20)10-13)17(19)16-7-3-5-11-4-1-2-6-15(11)16/h1-10,17H. The van der Waals surface area contributed by atoms with Gasteiger partial charge in [0.15, 0.2) is 0 Å². The number of hydrogen-bond acceptors (Lipinski definition) is 0. The third-order valence-corrected chi connectivity index (χ3v) is 4.22. The summed E-state index contributed by atoms with van der Waals surface area (Å²) in [5.74, 6) is -0.291. The van der Waals surface area contributed by atoms with Gasteiger partial charge in [-0.2, -0.15) is 0 Å². The predicted molar refractivity (Wildman–Crippen MR) is 85.7 cm³/mol. The molecule has 20 heavy (non-hydrogen) atoms. The smallest absolute Gasteiger partial charge is 0.124 e. The highest BCUT2D eigenvalue weighted by molar-refractivity contribution is 9.10. The van der Waals surface area contributed by atoms with Gasteiger partial charge in [0.2, 0.25) is 0 Å². The molecular formula is C17H11BrClF. The molecule has 3 rings (SSSR count). The van der Waals surface area contributed by atoms with Crippen LogP contribution in [0.4, 0.5) is 4.39 Å². The van der Waals surface area contributed by atoms with E-state index in [1.807, 2.05) is 48.5 Å². The van der Waals surface area contributed by atoms with Crippen molar-refractivity contribution in [3.05, 3.63) is 82.1 Å². The molecule has 0 aromatic heterocycles. The van der Waals surface area contributed by atoms with E-state index in [2.05, 4.69) is 15.9 Å². The van der Waals surface area contributed by atoms with Crippen molar-refractivity contribution in [1.82, 2.24) is 0 Å². The van der Waals surface area contributed by atoms with Crippen LogP contribution in [-0.4, -0.2) is 0 Å². The third-order valence-electron chi connectivity index (χ3n) is 3.27. The summed E-state index contributed by atoms with van der Waals surface area (Å²) in [6.45, 7) is 0. The van der Waals surface area contributed by atoms with Crippen molar-refractivity contribution in [2.24, 2.45) is 0 Å². The molecule has 0 nitrogen and oxygen atoms in total.